The molecule has 3 heterocycles. The van der Waals surface area contributed by atoms with Gasteiger partial charge >= 0.3 is 5.97 Å². The van der Waals surface area contributed by atoms with E-state index in [1.165, 1.54) is 12.7 Å². The molecule has 4 aliphatic rings. The Morgan fingerprint density at radius 2 is 2.10 bits per heavy atom. The maximum absolute atomic E-state index is 12.9. The molecule has 1 aromatic rings. The molecule has 0 radical (unpaired) electrons. The maximum Gasteiger partial charge on any atom is 0.335 e. The fourth-order valence-electron chi connectivity index (χ4n) is 6.38. The first-order valence-corrected chi connectivity index (χ1v) is 11.1. The van der Waals surface area contributed by atoms with E-state index >= 15 is 0 Å². The molecule has 6 heteroatoms. The molecule has 2 fully saturated rings. The number of methoxy groups -OCH3 is 1. The number of hydrogen-bond donors (Lipinski definition) is 2. The van der Waals surface area contributed by atoms with Gasteiger partial charge in [-0.05, 0) is 63.6 Å². The summed E-state index contributed by atoms with van der Waals surface area (Å²) in [5.41, 5.74) is 3.67. The molecular formula is C24H32N2O4. The quantitative estimate of drug-likeness (QED) is 0.738. The Bertz CT molecular complexity index is 910. The zero-order chi connectivity index (χ0) is 21.1. The number of hydrogen-bond acceptors (Lipinski definition) is 6. The summed E-state index contributed by atoms with van der Waals surface area (Å²) in [5.74, 6) is -0.552. The van der Waals surface area contributed by atoms with Crippen molar-refractivity contribution in [3.8, 4) is 0 Å². The number of ether oxygens (including phenoxy) is 3. The molecule has 6 nitrogen and oxygen atoms in total. The number of esters is 1. The van der Waals surface area contributed by atoms with Gasteiger partial charge in [-0.25, -0.2) is 4.79 Å². The van der Waals surface area contributed by atoms with Gasteiger partial charge in [0.05, 0.1) is 30.3 Å². The van der Waals surface area contributed by atoms with E-state index in [1.54, 1.807) is 0 Å². The van der Waals surface area contributed by atoms with E-state index in [1.807, 2.05) is 19.9 Å². The first kappa shape index (κ1) is 20.0. The maximum atomic E-state index is 12.9. The number of carbonyl (C=O) groups is 1. The Morgan fingerprint density at radius 1 is 1.30 bits per heavy atom. The van der Waals surface area contributed by atoms with Crippen LogP contribution in [0.15, 0.2) is 35.5 Å². The third-order valence-electron chi connectivity index (χ3n) is 7.62. The Hall–Kier alpha value is -1.89. The summed E-state index contributed by atoms with van der Waals surface area (Å²) in [6, 6.07) is 8.70. The summed E-state index contributed by atoms with van der Waals surface area (Å²) >= 11 is 0. The number of anilines is 1. The highest BCUT2D eigenvalue weighted by atomic mass is 16.8. The van der Waals surface area contributed by atoms with Crippen LogP contribution in [-0.2, 0) is 24.4 Å². The van der Waals surface area contributed by atoms with Crippen LogP contribution in [0.2, 0.25) is 0 Å². The molecule has 5 rings (SSSR count). The van der Waals surface area contributed by atoms with Crippen LogP contribution in [-0.4, -0.2) is 43.7 Å². The molecule has 2 saturated heterocycles. The fraction of sp³-hybridized carbons (Fsp3) is 0.625. The molecule has 2 N–H and O–H groups in total. The third kappa shape index (κ3) is 2.77. The van der Waals surface area contributed by atoms with Gasteiger partial charge in [-0.2, -0.15) is 0 Å². The van der Waals surface area contributed by atoms with Crippen molar-refractivity contribution >= 4 is 11.7 Å². The molecule has 0 amide bonds. The van der Waals surface area contributed by atoms with Crippen molar-refractivity contribution in [1.82, 2.24) is 5.32 Å². The smallest absolute Gasteiger partial charge is 0.335 e. The largest absolute Gasteiger partial charge is 0.466 e. The van der Waals surface area contributed by atoms with Crippen molar-refractivity contribution in [1.29, 1.82) is 0 Å². The number of benzene rings is 1. The molecule has 1 aromatic carbocycles. The highest BCUT2D eigenvalue weighted by Gasteiger charge is 2.60. The van der Waals surface area contributed by atoms with E-state index in [2.05, 4.69) is 35.8 Å². The summed E-state index contributed by atoms with van der Waals surface area (Å²) in [6.07, 6.45) is 3.37. The molecular weight excluding hydrogens is 380 g/mol. The lowest BCUT2D eigenvalue weighted by Gasteiger charge is -2.45. The minimum absolute atomic E-state index is 0.215. The van der Waals surface area contributed by atoms with Gasteiger partial charge in [0.15, 0.2) is 5.79 Å². The zero-order valence-electron chi connectivity index (χ0n) is 18.3. The fourth-order valence-corrected chi connectivity index (χ4v) is 6.38. The minimum atomic E-state index is -0.570. The Morgan fingerprint density at radius 3 is 2.80 bits per heavy atom. The standard InChI is InChI=1S/C24H32N2O4/c1-5-23(14-29-22(2,3)30-23)13-15-12-16(21(27)28-4)20-24(10-11-25-19(15)24)17-8-6-7-9-18(17)26-20/h6-9,15,19,25-26H,5,10-14H2,1-4H3/t15-,19+,23+,24-/m1/s1. The lowest BCUT2D eigenvalue weighted by molar-refractivity contribution is -0.166. The number of para-hydroxylation sites is 1. The van der Waals surface area contributed by atoms with Crippen LogP contribution in [0.25, 0.3) is 0 Å². The van der Waals surface area contributed by atoms with Gasteiger partial charge in [0.1, 0.15) is 0 Å². The third-order valence-corrected chi connectivity index (χ3v) is 7.62. The van der Waals surface area contributed by atoms with Crippen molar-refractivity contribution in [3.05, 3.63) is 41.1 Å². The molecule has 1 aliphatic carbocycles. The predicted octanol–water partition coefficient (Wildman–Crippen LogP) is 3.48. The molecule has 0 saturated carbocycles. The van der Waals surface area contributed by atoms with Gasteiger partial charge in [-0.1, -0.05) is 25.1 Å². The van der Waals surface area contributed by atoms with Crippen molar-refractivity contribution in [2.24, 2.45) is 5.92 Å². The van der Waals surface area contributed by atoms with E-state index in [0.717, 1.165) is 42.8 Å². The van der Waals surface area contributed by atoms with E-state index in [9.17, 15) is 4.79 Å². The second-order valence-corrected chi connectivity index (χ2v) is 9.66. The summed E-state index contributed by atoms with van der Waals surface area (Å²) in [7, 11) is 1.47. The highest BCUT2D eigenvalue weighted by Crippen LogP contribution is 2.58. The van der Waals surface area contributed by atoms with Crippen LogP contribution in [0.3, 0.4) is 0 Å². The van der Waals surface area contributed by atoms with Crippen LogP contribution in [0.4, 0.5) is 5.69 Å². The lowest BCUT2D eigenvalue weighted by Crippen LogP contribution is -2.52. The van der Waals surface area contributed by atoms with Crippen LogP contribution in [0.1, 0.15) is 52.0 Å². The Kier molecular flexibility index (Phi) is 4.55. The number of carbonyl (C=O) groups excluding carboxylic acids is 1. The number of nitrogens with one attached hydrogen (secondary N) is 2. The second-order valence-electron chi connectivity index (χ2n) is 9.66. The summed E-state index contributed by atoms with van der Waals surface area (Å²) in [6.45, 7) is 7.65. The van der Waals surface area contributed by atoms with Gasteiger partial charge in [-0.15, -0.1) is 0 Å². The van der Waals surface area contributed by atoms with Gasteiger partial charge in [-0.3, -0.25) is 0 Å². The van der Waals surface area contributed by atoms with Gasteiger partial charge in [0.2, 0.25) is 0 Å². The first-order valence-electron chi connectivity index (χ1n) is 11.1. The molecule has 4 atom stereocenters. The Labute approximate surface area is 178 Å². The molecule has 0 unspecified atom stereocenters. The normalized spacial score (nSPS) is 36.1. The molecule has 0 aromatic heterocycles. The predicted molar refractivity (Wildman–Crippen MR) is 114 cm³/mol. The topological polar surface area (TPSA) is 68.8 Å². The molecule has 30 heavy (non-hydrogen) atoms. The van der Waals surface area contributed by atoms with E-state index < -0.39 is 5.79 Å². The average Bonchev–Trinajstić information content (AvgIpc) is 3.41. The lowest BCUT2D eigenvalue weighted by atomic mass is 9.61. The molecule has 1 spiro atoms. The van der Waals surface area contributed by atoms with Crippen LogP contribution < -0.4 is 10.6 Å². The second kappa shape index (κ2) is 6.81. The van der Waals surface area contributed by atoms with Crippen LogP contribution in [0, 0.1) is 5.92 Å². The summed E-state index contributed by atoms with van der Waals surface area (Å²) < 4.78 is 17.6. The molecule has 162 valence electrons. The van der Waals surface area contributed by atoms with E-state index in [0.29, 0.717) is 13.0 Å². The summed E-state index contributed by atoms with van der Waals surface area (Å²) in [4.78, 5) is 12.9. The van der Waals surface area contributed by atoms with E-state index in [-0.39, 0.29) is 28.9 Å². The number of fused-ring (bicyclic) bond motifs is 1. The van der Waals surface area contributed by atoms with Gasteiger partial charge < -0.3 is 24.8 Å². The molecule has 3 aliphatic heterocycles. The van der Waals surface area contributed by atoms with Crippen molar-refractivity contribution in [2.75, 3.05) is 25.6 Å². The Balaban J connectivity index is 1.59. The number of rotatable bonds is 4. The van der Waals surface area contributed by atoms with Crippen LogP contribution in [0.5, 0.6) is 0 Å². The zero-order valence-corrected chi connectivity index (χ0v) is 18.3. The average molecular weight is 413 g/mol. The van der Waals surface area contributed by atoms with Gasteiger partial charge in [0, 0.05) is 17.4 Å². The first-order chi connectivity index (χ1) is 14.3. The minimum Gasteiger partial charge on any atom is -0.466 e. The van der Waals surface area contributed by atoms with Crippen molar-refractivity contribution in [3.63, 3.8) is 0 Å². The highest BCUT2D eigenvalue weighted by molar-refractivity contribution is 5.93. The van der Waals surface area contributed by atoms with E-state index in [4.69, 9.17) is 14.2 Å². The SMILES string of the molecule is CC[C@]1(C[C@H]2CC(C(=O)OC)=C3Nc4ccccc4[C@@]34CCN[C@@H]24)COC(C)(C)O1. The van der Waals surface area contributed by atoms with Crippen LogP contribution >= 0.6 is 0 Å². The van der Waals surface area contributed by atoms with Gasteiger partial charge in [0.25, 0.3) is 0 Å². The van der Waals surface area contributed by atoms with Crippen molar-refractivity contribution < 1.29 is 19.0 Å². The summed E-state index contributed by atoms with van der Waals surface area (Å²) in [5, 5.41) is 7.40. The van der Waals surface area contributed by atoms with Crippen molar-refractivity contribution in [2.45, 2.75) is 69.3 Å². The molecule has 0 bridgehead atoms. The monoisotopic (exact) mass is 412 g/mol.